The van der Waals surface area contributed by atoms with Crippen LogP contribution in [0, 0.1) is 5.82 Å². The van der Waals surface area contributed by atoms with Gasteiger partial charge in [0.1, 0.15) is 10.7 Å². The second-order valence-corrected chi connectivity index (χ2v) is 8.85. The standard InChI is InChI=1S/C19H20ClFN2O3S/c1-13(14-5-4-6-16(20)11-14)22-19(24)15-7-8-17(21)18(12-15)27(25,26)23-9-2-3-10-23/h4-8,11-13H,2-3,9-10H2,1H3,(H,22,24). The Kier molecular flexibility index (Phi) is 5.83. The van der Waals surface area contributed by atoms with E-state index in [1.807, 2.05) is 6.07 Å². The average Bonchev–Trinajstić information content (AvgIpc) is 3.17. The summed E-state index contributed by atoms with van der Waals surface area (Å²) < 4.78 is 40.8. The molecule has 1 amide bonds. The largest absolute Gasteiger partial charge is 0.346 e. The molecule has 144 valence electrons. The number of nitrogens with zero attached hydrogens (tertiary/aromatic N) is 1. The Balaban J connectivity index is 1.83. The van der Waals surface area contributed by atoms with Gasteiger partial charge in [-0.1, -0.05) is 23.7 Å². The highest BCUT2D eigenvalue weighted by molar-refractivity contribution is 7.89. The molecule has 1 fully saturated rings. The Morgan fingerprint density at radius 3 is 2.56 bits per heavy atom. The molecule has 5 nitrogen and oxygen atoms in total. The Bertz CT molecular complexity index is 959. The lowest BCUT2D eigenvalue weighted by Crippen LogP contribution is -2.30. The zero-order valence-corrected chi connectivity index (χ0v) is 16.4. The summed E-state index contributed by atoms with van der Waals surface area (Å²) in [5.41, 5.74) is 0.894. The van der Waals surface area contributed by atoms with Gasteiger partial charge in [0.25, 0.3) is 5.91 Å². The molecule has 3 rings (SSSR count). The molecule has 27 heavy (non-hydrogen) atoms. The summed E-state index contributed by atoms with van der Waals surface area (Å²) in [5, 5.41) is 3.33. The van der Waals surface area contributed by atoms with E-state index in [4.69, 9.17) is 11.6 Å². The van der Waals surface area contributed by atoms with E-state index in [0.29, 0.717) is 18.1 Å². The summed E-state index contributed by atoms with van der Waals surface area (Å²) in [6.07, 6.45) is 1.50. The number of halogens is 2. The smallest absolute Gasteiger partial charge is 0.251 e. The summed E-state index contributed by atoms with van der Waals surface area (Å²) >= 11 is 5.97. The number of hydrogen-bond donors (Lipinski definition) is 1. The summed E-state index contributed by atoms with van der Waals surface area (Å²) in [7, 11) is -3.95. The van der Waals surface area contributed by atoms with Gasteiger partial charge < -0.3 is 5.32 Å². The minimum atomic E-state index is -3.95. The molecule has 1 saturated heterocycles. The molecule has 0 bridgehead atoms. The lowest BCUT2D eigenvalue weighted by molar-refractivity contribution is 0.0939. The summed E-state index contributed by atoms with van der Waals surface area (Å²) in [5.74, 6) is -1.35. The maximum atomic E-state index is 14.2. The van der Waals surface area contributed by atoms with Crippen LogP contribution in [0.15, 0.2) is 47.4 Å². The first kappa shape index (κ1) is 19.8. The predicted molar refractivity (Wildman–Crippen MR) is 102 cm³/mol. The molecule has 0 saturated carbocycles. The van der Waals surface area contributed by atoms with Gasteiger partial charge in [0, 0.05) is 23.7 Å². The van der Waals surface area contributed by atoms with E-state index in [2.05, 4.69) is 5.32 Å². The van der Waals surface area contributed by atoms with Crippen LogP contribution >= 0.6 is 11.6 Å². The van der Waals surface area contributed by atoms with Crippen LogP contribution in [0.4, 0.5) is 4.39 Å². The fourth-order valence-corrected chi connectivity index (χ4v) is 4.86. The molecular formula is C19H20ClFN2O3S. The molecule has 0 aromatic heterocycles. The molecule has 0 radical (unpaired) electrons. The number of benzene rings is 2. The number of amides is 1. The fourth-order valence-electron chi connectivity index (χ4n) is 3.05. The average molecular weight is 411 g/mol. The van der Waals surface area contributed by atoms with Gasteiger partial charge in [0.05, 0.1) is 6.04 Å². The van der Waals surface area contributed by atoms with Gasteiger partial charge in [0.2, 0.25) is 10.0 Å². The van der Waals surface area contributed by atoms with Gasteiger partial charge in [0.15, 0.2) is 0 Å². The molecule has 0 aliphatic carbocycles. The highest BCUT2D eigenvalue weighted by Crippen LogP contribution is 2.25. The number of carbonyl (C=O) groups is 1. The monoisotopic (exact) mass is 410 g/mol. The van der Waals surface area contributed by atoms with E-state index in [0.717, 1.165) is 30.5 Å². The first-order chi connectivity index (χ1) is 12.8. The molecule has 8 heteroatoms. The third kappa shape index (κ3) is 4.31. The van der Waals surface area contributed by atoms with Crippen LogP contribution in [0.2, 0.25) is 5.02 Å². The highest BCUT2D eigenvalue weighted by atomic mass is 35.5. The quantitative estimate of drug-likeness (QED) is 0.816. The van der Waals surface area contributed by atoms with E-state index in [1.165, 1.54) is 10.4 Å². The van der Waals surface area contributed by atoms with Crippen LogP contribution in [0.3, 0.4) is 0 Å². The van der Waals surface area contributed by atoms with Crippen LogP contribution in [-0.4, -0.2) is 31.7 Å². The van der Waals surface area contributed by atoms with E-state index in [-0.39, 0.29) is 11.6 Å². The molecule has 1 aliphatic heterocycles. The SMILES string of the molecule is CC(NC(=O)c1ccc(F)c(S(=O)(=O)N2CCCC2)c1)c1cccc(Cl)c1. The molecule has 0 spiro atoms. The Labute approximate surface area is 163 Å². The zero-order chi connectivity index (χ0) is 19.6. The van der Waals surface area contributed by atoms with Crippen molar-refractivity contribution in [2.24, 2.45) is 0 Å². The zero-order valence-electron chi connectivity index (χ0n) is 14.8. The maximum Gasteiger partial charge on any atom is 0.251 e. The van der Waals surface area contributed by atoms with Gasteiger partial charge in [-0.2, -0.15) is 4.31 Å². The fraction of sp³-hybridized carbons (Fsp3) is 0.316. The van der Waals surface area contributed by atoms with Gasteiger partial charge in [-0.05, 0) is 55.7 Å². The molecule has 1 unspecified atom stereocenters. The highest BCUT2D eigenvalue weighted by Gasteiger charge is 2.30. The molecule has 2 aromatic rings. The molecule has 1 heterocycles. The van der Waals surface area contributed by atoms with Crippen molar-refractivity contribution in [1.82, 2.24) is 9.62 Å². The van der Waals surface area contributed by atoms with Gasteiger partial charge >= 0.3 is 0 Å². The molecule has 2 aromatic carbocycles. The van der Waals surface area contributed by atoms with Crippen molar-refractivity contribution >= 4 is 27.5 Å². The number of rotatable bonds is 5. The van der Waals surface area contributed by atoms with Crippen molar-refractivity contribution in [2.75, 3.05) is 13.1 Å². The van der Waals surface area contributed by atoms with Gasteiger partial charge in [-0.3, -0.25) is 4.79 Å². The van der Waals surface area contributed by atoms with Crippen LogP contribution in [0.1, 0.15) is 41.7 Å². The second kappa shape index (κ2) is 7.96. The van der Waals surface area contributed by atoms with E-state index in [1.54, 1.807) is 25.1 Å². The summed E-state index contributed by atoms with van der Waals surface area (Å²) in [6.45, 7) is 2.52. The van der Waals surface area contributed by atoms with Crippen LogP contribution in [-0.2, 0) is 10.0 Å². The predicted octanol–water partition coefficient (Wildman–Crippen LogP) is 3.75. The molecule has 1 atom stereocenters. The van der Waals surface area contributed by atoms with E-state index >= 15 is 0 Å². The van der Waals surface area contributed by atoms with Crippen LogP contribution < -0.4 is 5.32 Å². The van der Waals surface area contributed by atoms with E-state index < -0.39 is 26.6 Å². The maximum absolute atomic E-state index is 14.2. The van der Waals surface area contributed by atoms with Crippen molar-refractivity contribution in [2.45, 2.75) is 30.7 Å². The summed E-state index contributed by atoms with van der Waals surface area (Å²) in [4.78, 5) is 12.1. The lowest BCUT2D eigenvalue weighted by Gasteiger charge is -2.18. The van der Waals surface area contributed by atoms with Gasteiger partial charge in [-0.15, -0.1) is 0 Å². The first-order valence-corrected chi connectivity index (χ1v) is 10.5. The van der Waals surface area contributed by atoms with E-state index in [9.17, 15) is 17.6 Å². The third-order valence-electron chi connectivity index (χ3n) is 4.57. The molecule has 1 aliphatic rings. The minimum absolute atomic E-state index is 0.0862. The summed E-state index contributed by atoms with van der Waals surface area (Å²) in [6, 6.07) is 10.1. The number of hydrogen-bond acceptors (Lipinski definition) is 3. The number of sulfonamides is 1. The van der Waals surface area contributed by atoms with Gasteiger partial charge in [-0.25, -0.2) is 12.8 Å². The Morgan fingerprint density at radius 2 is 1.89 bits per heavy atom. The Morgan fingerprint density at radius 1 is 1.19 bits per heavy atom. The van der Waals surface area contributed by atoms with Crippen molar-refractivity contribution in [1.29, 1.82) is 0 Å². The normalized spacial score (nSPS) is 16.3. The van der Waals surface area contributed by atoms with Crippen LogP contribution in [0.5, 0.6) is 0 Å². The number of nitrogens with one attached hydrogen (secondary N) is 1. The van der Waals surface area contributed by atoms with Crippen molar-refractivity contribution in [3.63, 3.8) is 0 Å². The molecular weight excluding hydrogens is 391 g/mol. The minimum Gasteiger partial charge on any atom is -0.346 e. The van der Waals surface area contributed by atoms with Crippen molar-refractivity contribution in [3.05, 3.63) is 64.4 Å². The van der Waals surface area contributed by atoms with Crippen molar-refractivity contribution in [3.8, 4) is 0 Å². The van der Waals surface area contributed by atoms with Crippen LogP contribution in [0.25, 0.3) is 0 Å². The Hall–Kier alpha value is -1.96. The lowest BCUT2D eigenvalue weighted by atomic mass is 10.1. The second-order valence-electron chi connectivity index (χ2n) is 6.51. The first-order valence-electron chi connectivity index (χ1n) is 8.65. The third-order valence-corrected chi connectivity index (χ3v) is 6.72. The molecule has 1 N–H and O–H groups in total. The topological polar surface area (TPSA) is 66.5 Å². The number of carbonyl (C=O) groups excluding carboxylic acids is 1. The van der Waals surface area contributed by atoms with Crippen molar-refractivity contribution < 1.29 is 17.6 Å².